The summed E-state index contributed by atoms with van der Waals surface area (Å²) in [5.41, 5.74) is 0.726. The zero-order valence-corrected chi connectivity index (χ0v) is 11.5. The van der Waals surface area contributed by atoms with Gasteiger partial charge in [0.2, 0.25) is 5.95 Å². The van der Waals surface area contributed by atoms with Crippen molar-refractivity contribution in [2.75, 3.05) is 18.0 Å². The van der Waals surface area contributed by atoms with Crippen molar-refractivity contribution in [1.82, 2.24) is 15.0 Å². The van der Waals surface area contributed by atoms with E-state index in [1.807, 2.05) is 4.90 Å². The highest BCUT2D eigenvalue weighted by Crippen LogP contribution is 2.17. The third kappa shape index (κ3) is 3.07. The van der Waals surface area contributed by atoms with Crippen LogP contribution < -0.4 is 4.90 Å². The summed E-state index contributed by atoms with van der Waals surface area (Å²) < 4.78 is 0. The Morgan fingerprint density at radius 3 is 2.86 bits per heavy atom. The maximum atomic E-state index is 10.7. The maximum absolute atomic E-state index is 10.7. The van der Waals surface area contributed by atoms with E-state index in [0.29, 0.717) is 30.4 Å². The number of nitro groups is 1. The Labute approximate surface area is 125 Å². The molecule has 0 amide bonds. The molecule has 8 nitrogen and oxygen atoms in total. The molecule has 0 atom stereocenters. The number of non-ortho nitro benzene ring substituents is 1. The fourth-order valence-corrected chi connectivity index (χ4v) is 2.06. The van der Waals surface area contributed by atoms with E-state index in [1.165, 1.54) is 18.5 Å². The fourth-order valence-electron chi connectivity index (χ4n) is 2.06. The number of aliphatic hydroxyl groups excluding tert-OH is 1. The zero-order chi connectivity index (χ0) is 15.5. The Hall–Kier alpha value is -2.87. The summed E-state index contributed by atoms with van der Waals surface area (Å²) in [5, 5.41) is 20.0. The number of aromatic nitrogens is 3. The number of aliphatic hydroxyl groups is 1. The highest BCUT2D eigenvalue weighted by molar-refractivity contribution is 5.68. The topological polar surface area (TPSA) is 105 Å². The first-order chi connectivity index (χ1) is 10.6. The van der Waals surface area contributed by atoms with Crippen LogP contribution in [0.25, 0.3) is 12.2 Å². The van der Waals surface area contributed by atoms with Crippen LogP contribution in [0.1, 0.15) is 11.4 Å². The van der Waals surface area contributed by atoms with Crippen LogP contribution in [0.5, 0.6) is 0 Å². The van der Waals surface area contributed by atoms with Gasteiger partial charge in [0.25, 0.3) is 5.69 Å². The Kier molecular flexibility index (Phi) is 3.75. The summed E-state index contributed by atoms with van der Waals surface area (Å²) in [7, 11) is 0. The fraction of sp³-hybridized carbons (Fsp3) is 0.214. The second kappa shape index (κ2) is 5.86. The molecule has 1 aromatic carbocycles. The van der Waals surface area contributed by atoms with E-state index in [2.05, 4.69) is 15.0 Å². The van der Waals surface area contributed by atoms with Crippen molar-refractivity contribution in [3.8, 4) is 0 Å². The van der Waals surface area contributed by atoms with Crippen molar-refractivity contribution in [2.45, 2.75) is 6.10 Å². The highest BCUT2D eigenvalue weighted by atomic mass is 16.6. The average molecular weight is 299 g/mol. The Morgan fingerprint density at radius 2 is 2.14 bits per heavy atom. The van der Waals surface area contributed by atoms with Gasteiger partial charge in [-0.15, -0.1) is 0 Å². The molecule has 0 saturated carbocycles. The van der Waals surface area contributed by atoms with E-state index < -0.39 is 4.92 Å². The average Bonchev–Trinajstić information content (AvgIpc) is 2.50. The minimum atomic E-state index is -0.437. The molecule has 2 heterocycles. The summed E-state index contributed by atoms with van der Waals surface area (Å²) in [6, 6.07) is 6.30. The van der Waals surface area contributed by atoms with Crippen molar-refractivity contribution >= 4 is 23.8 Å². The molecule has 1 aromatic heterocycles. The Morgan fingerprint density at radius 1 is 1.32 bits per heavy atom. The number of hydrogen-bond donors (Lipinski definition) is 1. The van der Waals surface area contributed by atoms with Crippen LogP contribution in [0.2, 0.25) is 0 Å². The first-order valence-electron chi connectivity index (χ1n) is 6.66. The molecule has 3 rings (SSSR count). The van der Waals surface area contributed by atoms with Gasteiger partial charge < -0.3 is 10.0 Å². The molecule has 0 bridgehead atoms. The van der Waals surface area contributed by atoms with Crippen LogP contribution in [0.4, 0.5) is 11.6 Å². The van der Waals surface area contributed by atoms with Crippen molar-refractivity contribution < 1.29 is 10.0 Å². The summed E-state index contributed by atoms with van der Waals surface area (Å²) >= 11 is 0. The maximum Gasteiger partial charge on any atom is 0.270 e. The van der Waals surface area contributed by atoms with Gasteiger partial charge in [-0.1, -0.05) is 18.2 Å². The van der Waals surface area contributed by atoms with E-state index >= 15 is 0 Å². The van der Waals surface area contributed by atoms with E-state index in [0.717, 1.165) is 0 Å². The van der Waals surface area contributed by atoms with Crippen molar-refractivity contribution in [2.24, 2.45) is 0 Å². The number of nitro benzene ring substituents is 1. The largest absolute Gasteiger partial charge is 0.389 e. The monoisotopic (exact) mass is 299 g/mol. The van der Waals surface area contributed by atoms with Gasteiger partial charge in [0.15, 0.2) is 5.82 Å². The van der Waals surface area contributed by atoms with Crippen LogP contribution in [0.15, 0.2) is 30.6 Å². The van der Waals surface area contributed by atoms with E-state index in [1.54, 1.807) is 24.3 Å². The smallest absolute Gasteiger partial charge is 0.270 e. The van der Waals surface area contributed by atoms with Crippen LogP contribution >= 0.6 is 0 Å². The first-order valence-corrected chi connectivity index (χ1v) is 6.66. The molecule has 8 heteroatoms. The zero-order valence-electron chi connectivity index (χ0n) is 11.5. The summed E-state index contributed by atoms with van der Waals surface area (Å²) in [5.74, 6) is 0.969. The normalized spacial score (nSPS) is 15.0. The van der Waals surface area contributed by atoms with Crippen LogP contribution in [-0.4, -0.2) is 44.2 Å². The lowest BCUT2D eigenvalue weighted by molar-refractivity contribution is -0.384. The second-order valence-corrected chi connectivity index (χ2v) is 4.89. The van der Waals surface area contributed by atoms with Gasteiger partial charge >= 0.3 is 0 Å². The predicted molar refractivity (Wildman–Crippen MR) is 80.1 cm³/mol. The minimum Gasteiger partial charge on any atom is -0.389 e. The highest BCUT2D eigenvalue weighted by Gasteiger charge is 2.26. The summed E-state index contributed by atoms with van der Waals surface area (Å²) in [6.45, 7) is 1.02. The van der Waals surface area contributed by atoms with Crippen molar-refractivity contribution in [1.29, 1.82) is 0 Å². The number of hydrogen-bond acceptors (Lipinski definition) is 7. The van der Waals surface area contributed by atoms with E-state index in [9.17, 15) is 15.2 Å². The molecule has 1 saturated heterocycles. The van der Waals surface area contributed by atoms with Gasteiger partial charge in [-0.2, -0.15) is 4.98 Å². The first kappa shape index (κ1) is 14.1. The molecular weight excluding hydrogens is 286 g/mol. The van der Waals surface area contributed by atoms with Gasteiger partial charge in [-0.25, -0.2) is 9.97 Å². The van der Waals surface area contributed by atoms with E-state index in [4.69, 9.17) is 0 Å². The molecule has 2 aromatic rings. The lowest BCUT2D eigenvalue weighted by atomic mass is 10.2. The van der Waals surface area contributed by atoms with Gasteiger partial charge in [0.05, 0.1) is 11.0 Å². The van der Waals surface area contributed by atoms with Gasteiger partial charge in [-0.3, -0.25) is 10.1 Å². The number of benzene rings is 1. The molecule has 22 heavy (non-hydrogen) atoms. The quantitative estimate of drug-likeness (QED) is 0.666. The SMILES string of the molecule is O=[N+]([O-])c1cccc(C=Cc2ncnc(N3CC(O)C3)n2)c1. The van der Waals surface area contributed by atoms with Crippen molar-refractivity contribution in [3.05, 3.63) is 52.1 Å². The molecule has 1 N–H and O–H groups in total. The summed E-state index contributed by atoms with van der Waals surface area (Å²) in [6.07, 6.45) is 4.44. The Balaban J connectivity index is 1.76. The van der Waals surface area contributed by atoms with Gasteiger partial charge in [0, 0.05) is 25.2 Å². The lowest BCUT2D eigenvalue weighted by Crippen LogP contribution is -2.51. The third-order valence-corrected chi connectivity index (χ3v) is 3.23. The van der Waals surface area contributed by atoms with Crippen LogP contribution in [0, 0.1) is 10.1 Å². The number of rotatable bonds is 4. The number of anilines is 1. The molecule has 1 fully saturated rings. The van der Waals surface area contributed by atoms with Crippen molar-refractivity contribution in [3.63, 3.8) is 0 Å². The molecule has 0 spiro atoms. The van der Waals surface area contributed by atoms with Gasteiger partial charge in [-0.05, 0) is 11.6 Å². The lowest BCUT2D eigenvalue weighted by Gasteiger charge is -2.35. The standard InChI is InChI=1S/C14H13N5O3/c20-12-7-18(8-12)14-16-9-15-13(17-14)5-4-10-2-1-3-11(6-10)19(21)22/h1-6,9,12,20H,7-8H2. The Bertz CT molecular complexity index is 728. The van der Waals surface area contributed by atoms with Crippen LogP contribution in [-0.2, 0) is 0 Å². The second-order valence-electron chi connectivity index (χ2n) is 4.89. The molecule has 1 aliphatic heterocycles. The molecule has 0 radical (unpaired) electrons. The predicted octanol–water partition coefficient (Wildman–Crippen LogP) is 1.13. The molecule has 0 unspecified atom stereocenters. The van der Waals surface area contributed by atoms with Crippen LogP contribution in [0.3, 0.4) is 0 Å². The molecular formula is C14H13N5O3. The number of β-amino-alcohol motifs (C(OH)–C–C–N with tert-alkyl or cyclic N) is 1. The van der Waals surface area contributed by atoms with Gasteiger partial charge in [0.1, 0.15) is 6.33 Å². The molecule has 1 aliphatic rings. The molecule has 112 valence electrons. The minimum absolute atomic E-state index is 0.0352. The molecule has 0 aliphatic carbocycles. The number of nitrogens with zero attached hydrogens (tertiary/aromatic N) is 5. The van der Waals surface area contributed by atoms with E-state index in [-0.39, 0.29) is 11.8 Å². The third-order valence-electron chi connectivity index (χ3n) is 3.23. The summed E-state index contributed by atoms with van der Waals surface area (Å²) in [4.78, 5) is 24.5.